The lowest BCUT2D eigenvalue weighted by atomic mass is 9.79. The molecule has 2 amide bonds. The Morgan fingerprint density at radius 3 is 2.23 bits per heavy atom. The molecule has 9 nitrogen and oxygen atoms in total. The van der Waals surface area contributed by atoms with Gasteiger partial charge in [0.2, 0.25) is 11.8 Å². The number of hydrogen-bond acceptors (Lipinski definition) is 6. The molecule has 3 fully saturated rings. The van der Waals surface area contributed by atoms with Crippen molar-refractivity contribution in [3.63, 3.8) is 0 Å². The molecule has 1 aliphatic carbocycles. The fourth-order valence-corrected chi connectivity index (χ4v) is 6.94. The Morgan fingerprint density at radius 2 is 1.63 bits per heavy atom. The van der Waals surface area contributed by atoms with Gasteiger partial charge in [-0.2, -0.15) is 0 Å². The molecule has 2 saturated heterocycles. The van der Waals surface area contributed by atoms with E-state index in [1.807, 2.05) is 29.2 Å². The molecule has 3 aliphatic rings. The van der Waals surface area contributed by atoms with Gasteiger partial charge in [-0.3, -0.25) is 14.5 Å². The van der Waals surface area contributed by atoms with Crippen LogP contribution in [0.25, 0.3) is 0 Å². The number of nitrogens with one attached hydrogen (secondary N) is 1. The minimum absolute atomic E-state index is 0.117. The average Bonchev–Trinajstić information content (AvgIpc) is 3.01. The fraction of sp³-hybridized carbons (Fsp3) is 0.559. The number of piperazine rings is 1. The van der Waals surface area contributed by atoms with Crippen LogP contribution in [0.5, 0.6) is 11.5 Å². The molecule has 0 unspecified atom stereocenters. The van der Waals surface area contributed by atoms with Crippen molar-refractivity contribution in [1.82, 2.24) is 15.1 Å². The molecule has 1 saturated carbocycles. The second-order valence-corrected chi connectivity index (χ2v) is 12.5. The van der Waals surface area contributed by atoms with Crippen molar-refractivity contribution < 1.29 is 29.3 Å². The third-order valence-electron chi connectivity index (χ3n) is 9.53. The SMILES string of the molecule is CCCCN1C(=O)[C@@H]([C@H](O)CC2CCCCC2)NC(=O)C12CCN(Cc1ccc(Oc3ccc(C(=O)O)cc3)cc1)CC2. The smallest absolute Gasteiger partial charge is 0.335 e. The number of likely N-dealkylation sites (tertiary alicyclic amines) is 1. The van der Waals surface area contributed by atoms with E-state index in [0.29, 0.717) is 56.3 Å². The van der Waals surface area contributed by atoms with Crippen LogP contribution in [0, 0.1) is 5.92 Å². The van der Waals surface area contributed by atoms with Crippen molar-refractivity contribution >= 4 is 17.8 Å². The third-order valence-corrected chi connectivity index (χ3v) is 9.53. The first-order valence-electron chi connectivity index (χ1n) is 15.9. The van der Waals surface area contributed by atoms with E-state index in [-0.39, 0.29) is 17.4 Å². The number of aromatic carboxylic acids is 1. The lowest BCUT2D eigenvalue weighted by molar-refractivity contribution is -0.165. The van der Waals surface area contributed by atoms with Gasteiger partial charge in [-0.05, 0) is 73.6 Å². The highest BCUT2D eigenvalue weighted by molar-refractivity contribution is 6.00. The Morgan fingerprint density at radius 1 is 1.00 bits per heavy atom. The quantitative estimate of drug-likeness (QED) is 0.338. The second kappa shape index (κ2) is 13.9. The molecular formula is C34H45N3O6. The van der Waals surface area contributed by atoms with E-state index < -0.39 is 23.7 Å². The minimum Gasteiger partial charge on any atom is -0.478 e. The molecule has 3 N–H and O–H groups in total. The van der Waals surface area contributed by atoms with Crippen LogP contribution in [-0.4, -0.2) is 75.1 Å². The molecule has 1 spiro atoms. The van der Waals surface area contributed by atoms with Gasteiger partial charge in [0.05, 0.1) is 11.7 Å². The molecule has 0 bridgehead atoms. The first kappa shape index (κ1) is 31.0. The van der Waals surface area contributed by atoms with E-state index in [2.05, 4.69) is 17.1 Å². The number of piperidine rings is 1. The fourth-order valence-electron chi connectivity index (χ4n) is 6.94. The highest BCUT2D eigenvalue weighted by atomic mass is 16.5. The second-order valence-electron chi connectivity index (χ2n) is 12.5. The third kappa shape index (κ3) is 7.21. The van der Waals surface area contributed by atoms with E-state index in [0.717, 1.165) is 37.8 Å². The largest absolute Gasteiger partial charge is 0.478 e. The van der Waals surface area contributed by atoms with Crippen molar-refractivity contribution in [2.45, 2.75) is 95.4 Å². The maximum absolute atomic E-state index is 13.8. The van der Waals surface area contributed by atoms with Crippen molar-refractivity contribution in [1.29, 1.82) is 0 Å². The first-order valence-corrected chi connectivity index (χ1v) is 15.9. The summed E-state index contributed by atoms with van der Waals surface area (Å²) in [6, 6.07) is 13.2. The summed E-state index contributed by atoms with van der Waals surface area (Å²) in [6.45, 7) is 4.72. The van der Waals surface area contributed by atoms with Crippen LogP contribution >= 0.6 is 0 Å². The van der Waals surface area contributed by atoms with Crippen LogP contribution in [0.1, 0.15) is 87.1 Å². The van der Waals surface area contributed by atoms with E-state index in [1.165, 1.54) is 31.4 Å². The highest BCUT2D eigenvalue weighted by Gasteiger charge is 2.54. The van der Waals surface area contributed by atoms with Crippen molar-refractivity contribution in [3.8, 4) is 11.5 Å². The van der Waals surface area contributed by atoms with Crippen LogP contribution in [0.15, 0.2) is 48.5 Å². The Balaban J connectivity index is 1.18. The molecule has 43 heavy (non-hydrogen) atoms. The summed E-state index contributed by atoms with van der Waals surface area (Å²) in [7, 11) is 0. The number of unbranched alkanes of at least 4 members (excludes halogenated alkanes) is 1. The predicted molar refractivity (Wildman–Crippen MR) is 163 cm³/mol. The molecule has 2 aromatic carbocycles. The number of amides is 2. The normalized spacial score (nSPS) is 21.9. The van der Waals surface area contributed by atoms with Gasteiger partial charge >= 0.3 is 5.97 Å². The zero-order valence-corrected chi connectivity index (χ0v) is 25.2. The molecule has 9 heteroatoms. The number of benzene rings is 2. The number of carboxylic acids is 1. The van der Waals surface area contributed by atoms with Crippen LogP contribution in [-0.2, 0) is 16.1 Å². The van der Waals surface area contributed by atoms with E-state index >= 15 is 0 Å². The number of carbonyl (C=O) groups is 3. The summed E-state index contributed by atoms with van der Waals surface area (Å²) in [5.41, 5.74) is 0.460. The number of carboxylic acid groups (broad SMARTS) is 1. The van der Waals surface area contributed by atoms with Gasteiger partial charge in [-0.15, -0.1) is 0 Å². The maximum atomic E-state index is 13.8. The molecule has 2 aromatic rings. The van der Waals surface area contributed by atoms with E-state index in [9.17, 15) is 19.5 Å². The molecule has 2 atom stereocenters. The molecule has 5 rings (SSSR count). The summed E-state index contributed by atoms with van der Waals surface area (Å²) < 4.78 is 5.86. The van der Waals surface area contributed by atoms with Crippen LogP contribution in [0.4, 0.5) is 0 Å². The molecular weight excluding hydrogens is 546 g/mol. The van der Waals surface area contributed by atoms with Crippen LogP contribution in [0.3, 0.4) is 0 Å². The number of ether oxygens (including phenoxy) is 1. The number of carbonyl (C=O) groups excluding carboxylic acids is 2. The van der Waals surface area contributed by atoms with Crippen LogP contribution < -0.4 is 10.1 Å². The zero-order chi connectivity index (χ0) is 30.4. The van der Waals surface area contributed by atoms with Crippen LogP contribution in [0.2, 0.25) is 0 Å². The summed E-state index contributed by atoms with van der Waals surface area (Å²) in [5, 5.41) is 23.1. The van der Waals surface area contributed by atoms with E-state index in [4.69, 9.17) is 9.84 Å². The van der Waals surface area contributed by atoms with Crippen molar-refractivity contribution in [2.24, 2.45) is 5.92 Å². The summed E-state index contributed by atoms with van der Waals surface area (Å²) in [5.74, 6) is 0.426. The minimum atomic E-state index is -0.975. The molecule has 232 valence electrons. The first-order chi connectivity index (χ1) is 20.8. The van der Waals surface area contributed by atoms with E-state index in [1.54, 1.807) is 12.1 Å². The zero-order valence-electron chi connectivity index (χ0n) is 25.2. The Labute approximate surface area is 254 Å². The Kier molecular flexibility index (Phi) is 10.0. The maximum Gasteiger partial charge on any atom is 0.335 e. The highest BCUT2D eigenvalue weighted by Crippen LogP contribution is 2.36. The number of nitrogens with zero attached hydrogens (tertiary/aromatic N) is 2. The summed E-state index contributed by atoms with van der Waals surface area (Å²) in [4.78, 5) is 42.7. The lowest BCUT2D eigenvalue weighted by Crippen LogP contribution is -2.74. The number of aliphatic hydroxyl groups excluding tert-OH is 1. The summed E-state index contributed by atoms with van der Waals surface area (Å²) in [6.07, 6.45) is 8.36. The van der Waals surface area contributed by atoms with Gasteiger partial charge in [0.15, 0.2) is 0 Å². The van der Waals surface area contributed by atoms with Gasteiger partial charge < -0.3 is 25.2 Å². The topological polar surface area (TPSA) is 119 Å². The number of hydrogen-bond donors (Lipinski definition) is 3. The van der Waals surface area contributed by atoms with Gasteiger partial charge in [0, 0.05) is 26.2 Å². The van der Waals surface area contributed by atoms with Gasteiger partial charge in [-0.1, -0.05) is 57.6 Å². The Hall–Kier alpha value is -3.43. The molecule has 0 radical (unpaired) electrons. The Bertz CT molecular complexity index is 1250. The lowest BCUT2D eigenvalue weighted by Gasteiger charge is -2.52. The van der Waals surface area contributed by atoms with Gasteiger partial charge in [0.25, 0.3) is 0 Å². The molecule has 2 heterocycles. The predicted octanol–water partition coefficient (Wildman–Crippen LogP) is 4.97. The molecule has 0 aromatic heterocycles. The average molecular weight is 592 g/mol. The van der Waals surface area contributed by atoms with Crippen molar-refractivity contribution in [2.75, 3.05) is 19.6 Å². The van der Waals surface area contributed by atoms with Gasteiger partial charge in [0.1, 0.15) is 23.1 Å². The molecule has 2 aliphatic heterocycles. The standard InChI is InChI=1S/C34H45N3O6/c1-2-3-19-37-31(39)30(29(38)22-24-7-5-4-6-8-24)35-33(42)34(37)17-20-36(21-18-34)23-25-9-13-27(14-10-25)43-28-15-11-26(12-16-28)32(40)41/h9-16,24,29-30,38H,2-8,17-23H2,1H3,(H,35,42)(H,40,41)/t29-,30-/m1/s1. The number of aliphatic hydroxyl groups is 1. The summed E-state index contributed by atoms with van der Waals surface area (Å²) >= 11 is 0. The van der Waals surface area contributed by atoms with Crippen molar-refractivity contribution in [3.05, 3.63) is 59.7 Å². The van der Waals surface area contributed by atoms with Gasteiger partial charge in [-0.25, -0.2) is 4.79 Å². The monoisotopic (exact) mass is 591 g/mol. The number of rotatable bonds is 11.